The summed E-state index contributed by atoms with van der Waals surface area (Å²) in [5, 5.41) is 10.6. The number of hydrogen-bond acceptors (Lipinski definition) is 7. The molecule has 3 rings (SSSR count). The molecule has 1 amide bonds. The van der Waals surface area contributed by atoms with Gasteiger partial charge in [-0.2, -0.15) is 0 Å². The van der Waals surface area contributed by atoms with Crippen LogP contribution in [-0.4, -0.2) is 48.0 Å². The summed E-state index contributed by atoms with van der Waals surface area (Å²) < 4.78 is 16.2. The predicted octanol–water partition coefficient (Wildman–Crippen LogP) is 2.98. The van der Waals surface area contributed by atoms with Gasteiger partial charge in [0, 0.05) is 12.6 Å². The van der Waals surface area contributed by atoms with E-state index in [4.69, 9.17) is 14.2 Å². The molecule has 0 spiro atoms. The third kappa shape index (κ3) is 3.68. The molecule has 158 valence electrons. The van der Waals surface area contributed by atoms with Crippen LogP contribution in [0.5, 0.6) is 17.2 Å². The predicted molar refractivity (Wildman–Crippen MR) is 109 cm³/mol. The minimum Gasteiger partial charge on any atom is -0.503 e. The molecule has 30 heavy (non-hydrogen) atoms. The second kappa shape index (κ2) is 8.86. The number of pyridine rings is 1. The molecule has 0 saturated carbocycles. The Balaban J connectivity index is 2.17. The molecule has 0 radical (unpaired) electrons. The first-order chi connectivity index (χ1) is 14.5. The minimum atomic E-state index is -0.819. The van der Waals surface area contributed by atoms with Crippen LogP contribution in [0.1, 0.15) is 30.6 Å². The Bertz CT molecular complexity index is 961. The monoisotopic (exact) mass is 412 g/mol. The number of methoxy groups -OCH3 is 3. The maximum Gasteiger partial charge on any atom is 0.290 e. The van der Waals surface area contributed by atoms with Crippen molar-refractivity contribution < 1.29 is 28.9 Å². The molecule has 1 unspecified atom stereocenters. The van der Waals surface area contributed by atoms with E-state index in [9.17, 15) is 14.7 Å². The standard InChI is InChI=1S/C22H24N2O6/c1-5-15(25)18-19(13-10-16(28-2)21(30-4)17(11-13)29-3)24(22(27)20(18)26)12-14-8-6-7-9-23-14/h6-11,19,26H,5,12H2,1-4H3. The number of aliphatic hydroxyl groups is 1. The molecule has 8 heteroatoms. The first kappa shape index (κ1) is 21.2. The number of ether oxygens (including phenoxy) is 3. The molecule has 8 nitrogen and oxygen atoms in total. The number of aliphatic hydroxyl groups excluding tert-OH is 1. The highest BCUT2D eigenvalue weighted by atomic mass is 16.5. The third-order valence-electron chi connectivity index (χ3n) is 4.99. The van der Waals surface area contributed by atoms with Crippen LogP contribution in [0.25, 0.3) is 0 Å². The van der Waals surface area contributed by atoms with Crippen molar-refractivity contribution in [2.24, 2.45) is 0 Å². The molecule has 0 fully saturated rings. The van der Waals surface area contributed by atoms with Crippen LogP contribution in [-0.2, 0) is 16.1 Å². The van der Waals surface area contributed by atoms with E-state index in [-0.39, 0.29) is 24.3 Å². The van der Waals surface area contributed by atoms with Gasteiger partial charge in [0.2, 0.25) is 5.75 Å². The van der Waals surface area contributed by atoms with Crippen LogP contribution in [0.3, 0.4) is 0 Å². The first-order valence-corrected chi connectivity index (χ1v) is 9.43. The average Bonchev–Trinajstić information content (AvgIpc) is 3.03. The Hall–Kier alpha value is -3.55. The van der Waals surface area contributed by atoms with Gasteiger partial charge in [-0.05, 0) is 29.8 Å². The summed E-state index contributed by atoms with van der Waals surface area (Å²) in [6, 6.07) is 7.88. The Kier molecular flexibility index (Phi) is 6.25. The van der Waals surface area contributed by atoms with Crippen molar-refractivity contribution in [2.45, 2.75) is 25.9 Å². The van der Waals surface area contributed by atoms with Crippen molar-refractivity contribution in [3.05, 3.63) is 59.1 Å². The normalized spacial score (nSPS) is 16.1. The number of amides is 1. The SMILES string of the molecule is CCC(=O)C1=C(O)C(=O)N(Cc2ccccn2)C1c1cc(OC)c(OC)c(OC)c1. The van der Waals surface area contributed by atoms with Crippen molar-refractivity contribution in [1.82, 2.24) is 9.88 Å². The van der Waals surface area contributed by atoms with Crippen molar-refractivity contribution in [2.75, 3.05) is 21.3 Å². The van der Waals surface area contributed by atoms with Gasteiger partial charge in [0.25, 0.3) is 5.91 Å². The van der Waals surface area contributed by atoms with Crippen LogP contribution < -0.4 is 14.2 Å². The summed E-state index contributed by atoms with van der Waals surface area (Å²) in [6.07, 6.45) is 1.76. The van der Waals surface area contributed by atoms with E-state index in [1.165, 1.54) is 26.2 Å². The Morgan fingerprint density at radius 2 is 1.80 bits per heavy atom. The van der Waals surface area contributed by atoms with Crippen LogP contribution in [0.2, 0.25) is 0 Å². The number of aromatic nitrogens is 1. The lowest BCUT2D eigenvalue weighted by molar-refractivity contribution is -0.130. The van der Waals surface area contributed by atoms with Crippen molar-refractivity contribution in [1.29, 1.82) is 0 Å². The highest BCUT2D eigenvalue weighted by Gasteiger charge is 2.43. The fraction of sp³-hybridized carbons (Fsp3) is 0.318. The smallest absolute Gasteiger partial charge is 0.290 e. The fourth-order valence-corrected chi connectivity index (χ4v) is 3.56. The molecule has 0 saturated heterocycles. The molecular formula is C22H24N2O6. The maximum atomic E-state index is 12.9. The highest BCUT2D eigenvalue weighted by Crippen LogP contribution is 2.45. The van der Waals surface area contributed by atoms with Crippen molar-refractivity contribution >= 4 is 11.7 Å². The molecule has 1 atom stereocenters. The summed E-state index contributed by atoms with van der Waals surface area (Å²) in [5.74, 6) is -0.338. The summed E-state index contributed by atoms with van der Waals surface area (Å²) in [7, 11) is 4.46. The van der Waals surface area contributed by atoms with Gasteiger partial charge in [-0.25, -0.2) is 0 Å². The van der Waals surface area contributed by atoms with E-state index in [2.05, 4.69) is 4.98 Å². The van der Waals surface area contributed by atoms with E-state index >= 15 is 0 Å². The van der Waals surface area contributed by atoms with E-state index in [0.29, 0.717) is 28.5 Å². The molecule has 1 aliphatic rings. The van der Waals surface area contributed by atoms with Gasteiger partial charge < -0.3 is 24.2 Å². The lowest BCUT2D eigenvalue weighted by Gasteiger charge is -2.27. The summed E-state index contributed by atoms with van der Waals surface area (Å²) in [6.45, 7) is 1.80. The van der Waals surface area contributed by atoms with Crippen LogP contribution in [0.4, 0.5) is 0 Å². The lowest BCUT2D eigenvalue weighted by Crippen LogP contribution is -2.31. The van der Waals surface area contributed by atoms with Crippen LogP contribution in [0, 0.1) is 0 Å². The summed E-state index contributed by atoms with van der Waals surface area (Å²) in [4.78, 5) is 31.3. The van der Waals surface area contributed by atoms with Gasteiger partial charge >= 0.3 is 0 Å². The number of hydrogen-bond donors (Lipinski definition) is 1. The molecule has 2 aromatic rings. The number of benzene rings is 1. The number of carbonyl (C=O) groups is 2. The fourth-order valence-electron chi connectivity index (χ4n) is 3.56. The van der Waals surface area contributed by atoms with E-state index < -0.39 is 17.7 Å². The molecule has 2 heterocycles. The number of rotatable bonds is 8. The molecule has 1 aliphatic heterocycles. The van der Waals surface area contributed by atoms with E-state index in [0.717, 1.165) is 0 Å². The summed E-state index contributed by atoms with van der Waals surface area (Å²) >= 11 is 0. The molecule has 0 bridgehead atoms. The Labute approximate surface area is 174 Å². The zero-order chi connectivity index (χ0) is 21.8. The van der Waals surface area contributed by atoms with Crippen molar-refractivity contribution in [3.63, 3.8) is 0 Å². The molecule has 1 aromatic carbocycles. The number of carbonyl (C=O) groups excluding carboxylic acids is 2. The van der Waals surface area contributed by atoms with Crippen molar-refractivity contribution in [3.8, 4) is 17.2 Å². The van der Waals surface area contributed by atoms with E-state index in [1.54, 1.807) is 37.4 Å². The van der Waals surface area contributed by atoms with Crippen LogP contribution in [0.15, 0.2) is 47.9 Å². The lowest BCUT2D eigenvalue weighted by atomic mass is 9.94. The molecule has 0 aliphatic carbocycles. The average molecular weight is 412 g/mol. The minimum absolute atomic E-state index is 0.0488. The van der Waals surface area contributed by atoms with Crippen LogP contribution >= 0.6 is 0 Å². The van der Waals surface area contributed by atoms with Gasteiger partial charge in [0.15, 0.2) is 23.0 Å². The highest BCUT2D eigenvalue weighted by molar-refractivity contribution is 6.08. The Morgan fingerprint density at radius 3 is 2.30 bits per heavy atom. The third-order valence-corrected chi connectivity index (χ3v) is 4.99. The molecule has 1 N–H and O–H groups in total. The van der Waals surface area contributed by atoms with E-state index in [1.807, 2.05) is 6.07 Å². The zero-order valence-electron chi connectivity index (χ0n) is 17.3. The second-order valence-electron chi connectivity index (χ2n) is 6.65. The topological polar surface area (TPSA) is 98.2 Å². The zero-order valence-corrected chi connectivity index (χ0v) is 17.3. The number of ketones is 1. The molecule has 1 aromatic heterocycles. The Morgan fingerprint density at radius 1 is 1.13 bits per heavy atom. The first-order valence-electron chi connectivity index (χ1n) is 9.43. The summed E-state index contributed by atoms with van der Waals surface area (Å²) in [5.41, 5.74) is 1.23. The quantitative estimate of drug-likeness (QED) is 0.712. The van der Waals surface area contributed by atoms with Gasteiger partial charge in [-0.3, -0.25) is 14.6 Å². The maximum absolute atomic E-state index is 12.9. The van der Waals surface area contributed by atoms with Gasteiger partial charge in [0.1, 0.15) is 0 Å². The number of nitrogens with zero attached hydrogens (tertiary/aromatic N) is 2. The second-order valence-corrected chi connectivity index (χ2v) is 6.65. The van der Waals surface area contributed by atoms with Gasteiger partial charge in [-0.1, -0.05) is 13.0 Å². The largest absolute Gasteiger partial charge is 0.503 e. The van der Waals surface area contributed by atoms with Gasteiger partial charge in [0.05, 0.1) is 45.2 Å². The molecular weight excluding hydrogens is 388 g/mol. The van der Waals surface area contributed by atoms with Gasteiger partial charge in [-0.15, -0.1) is 0 Å². The number of Topliss-reactive ketones (excluding diaryl/α,β-unsaturated/α-hetero) is 1.